The molecule has 0 radical (unpaired) electrons. The van der Waals surface area contributed by atoms with E-state index >= 15 is 0 Å². The Morgan fingerprint density at radius 3 is 2.65 bits per heavy atom. The zero-order valence-corrected chi connectivity index (χ0v) is 9.89. The molecule has 0 saturated carbocycles. The molecule has 1 unspecified atom stereocenters. The van der Waals surface area contributed by atoms with Gasteiger partial charge in [0.15, 0.2) is 0 Å². The second-order valence-electron chi connectivity index (χ2n) is 3.62. The summed E-state index contributed by atoms with van der Waals surface area (Å²) in [6.07, 6.45) is -0.565. The molecule has 6 heteroatoms. The Morgan fingerprint density at radius 1 is 1.53 bits per heavy atom. The number of methoxy groups -OCH3 is 1. The van der Waals surface area contributed by atoms with Crippen LogP contribution in [0.2, 0.25) is 0 Å². The number of anilines is 1. The largest absolute Gasteiger partial charge is 0.372 e. The average molecular weight is 238 g/mol. The maximum Gasteiger partial charge on any atom is 0.269 e. The van der Waals surface area contributed by atoms with Crippen molar-refractivity contribution in [2.45, 2.75) is 20.0 Å². The van der Waals surface area contributed by atoms with E-state index in [1.165, 1.54) is 25.3 Å². The number of amides is 1. The Morgan fingerprint density at radius 2 is 2.18 bits per heavy atom. The van der Waals surface area contributed by atoms with E-state index in [1.54, 1.807) is 13.8 Å². The number of nitrogens with zero attached hydrogens (tertiary/aromatic N) is 1. The van der Waals surface area contributed by atoms with Crippen LogP contribution in [0.3, 0.4) is 0 Å². The molecule has 6 nitrogen and oxygen atoms in total. The standard InChI is InChI=1S/C11H14N2O4/c1-7-6-9(13(15)16)4-5-10(7)12-11(14)8(2)17-3/h4-6,8H,1-3H3,(H,12,14). The molecule has 1 atom stereocenters. The number of nitrogens with one attached hydrogen (secondary N) is 1. The summed E-state index contributed by atoms with van der Waals surface area (Å²) in [5, 5.41) is 13.2. The third-order valence-electron chi connectivity index (χ3n) is 2.40. The van der Waals surface area contributed by atoms with Gasteiger partial charge in [-0.3, -0.25) is 14.9 Å². The van der Waals surface area contributed by atoms with Crippen molar-refractivity contribution in [1.29, 1.82) is 0 Å². The molecule has 0 saturated heterocycles. The quantitative estimate of drug-likeness (QED) is 0.641. The van der Waals surface area contributed by atoms with Gasteiger partial charge in [0.05, 0.1) is 4.92 Å². The number of ether oxygens (including phenoxy) is 1. The summed E-state index contributed by atoms with van der Waals surface area (Å²) in [4.78, 5) is 21.6. The van der Waals surface area contributed by atoms with E-state index in [0.717, 1.165) is 0 Å². The highest BCUT2D eigenvalue weighted by molar-refractivity contribution is 5.94. The average Bonchev–Trinajstić information content (AvgIpc) is 2.30. The Bertz CT molecular complexity index is 445. The molecule has 1 rings (SSSR count). The number of non-ortho nitro benzene ring substituents is 1. The number of hydrogen-bond acceptors (Lipinski definition) is 4. The molecular formula is C11H14N2O4. The van der Waals surface area contributed by atoms with Gasteiger partial charge in [-0.2, -0.15) is 0 Å². The fraction of sp³-hybridized carbons (Fsp3) is 0.364. The van der Waals surface area contributed by atoms with Crippen molar-refractivity contribution in [3.05, 3.63) is 33.9 Å². The van der Waals surface area contributed by atoms with Gasteiger partial charge in [-0.1, -0.05) is 0 Å². The van der Waals surface area contributed by atoms with E-state index in [1.807, 2.05) is 0 Å². The van der Waals surface area contributed by atoms with Gasteiger partial charge in [-0.25, -0.2) is 0 Å². The van der Waals surface area contributed by atoms with Crippen LogP contribution in [0.5, 0.6) is 0 Å². The lowest BCUT2D eigenvalue weighted by atomic mass is 10.1. The van der Waals surface area contributed by atoms with Crippen LogP contribution in [0, 0.1) is 17.0 Å². The molecule has 0 aliphatic carbocycles. The second-order valence-corrected chi connectivity index (χ2v) is 3.62. The molecule has 0 spiro atoms. The SMILES string of the molecule is COC(C)C(=O)Nc1ccc([N+](=O)[O-])cc1C. The van der Waals surface area contributed by atoms with Crippen molar-refractivity contribution in [3.63, 3.8) is 0 Å². The van der Waals surface area contributed by atoms with Crippen molar-refractivity contribution in [2.24, 2.45) is 0 Å². The number of carbonyl (C=O) groups is 1. The summed E-state index contributed by atoms with van der Waals surface area (Å²) >= 11 is 0. The molecule has 0 aliphatic heterocycles. The van der Waals surface area contributed by atoms with Gasteiger partial charge in [0.25, 0.3) is 11.6 Å². The van der Waals surface area contributed by atoms with E-state index in [2.05, 4.69) is 5.32 Å². The van der Waals surface area contributed by atoms with Crippen LogP contribution < -0.4 is 5.32 Å². The van der Waals surface area contributed by atoms with Gasteiger partial charge < -0.3 is 10.1 Å². The monoisotopic (exact) mass is 238 g/mol. The van der Waals surface area contributed by atoms with Gasteiger partial charge in [-0.05, 0) is 25.5 Å². The molecule has 1 amide bonds. The Kier molecular flexibility index (Phi) is 4.17. The number of rotatable bonds is 4. The highest BCUT2D eigenvalue weighted by atomic mass is 16.6. The fourth-order valence-corrected chi connectivity index (χ4v) is 1.24. The van der Waals surface area contributed by atoms with Crippen molar-refractivity contribution >= 4 is 17.3 Å². The molecule has 17 heavy (non-hydrogen) atoms. The molecule has 1 aromatic rings. The number of carbonyl (C=O) groups excluding carboxylic acids is 1. The van der Waals surface area contributed by atoms with Gasteiger partial charge in [0, 0.05) is 24.9 Å². The lowest BCUT2D eigenvalue weighted by molar-refractivity contribution is -0.384. The summed E-state index contributed by atoms with van der Waals surface area (Å²) in [6, 6.07) is 4.26. The normalized spacial score (nSPS) is 11.9. The van der Waals surface area contributed by atoms with E-state index in [4.69, 9.17) is 4.74 Å². The van der Waals surface area contributed by atoms with Crippen LogP contribution in [-0.2, 0) is 9.53 Å². The molecule has 0 fully saturated rings. The predicted molar refractivity (Wildman–Crippen MR) is 62.9 cm³/mol. The highest BCUT2D eigenvalue weighted by Gasteiger charge is 2.14. The zero-order valence-electron chi connectivity index (χ0n) is 9.89. The molecular weight excluding hydrogens is 224 g/mol. The summed E-state index contributed by atoms with van der Waals surface area (Å²) in [5.41, 5.74) is 1.18. The lowest BCUT2D eigenvalue weighted by Gasteiger charge is -2.12. The van der Waals surface area contributed by atoms with Gasteiger partial charge in [0.1, 0.15) is 6.10 Å². The Balaban J connectivity index is 2.86. The summed E-state index contributed by atoms with van der Waals surface area (Å²) in [7, 11) is 1.44. The zero-order chi connectivity index (χ0) is 13.0. The molecule has 0 heterocycles. The summed E-state index contributed by atoms with van der Waals surface area (Å²) < 4.78 is 4.87. The van der Waals surface area contributed by atoms with Crippen molar-refractivity contribution in [2.75, 3.05) is 12.4 Å². The van der Waals surface area contributed by atoms with Crippen LogP contribution in [0.1, 0.15) is 12.5 Å². The maximum absolute atomic E-state index is 11.5. The third-order valence-corrected chi connectivity index (χ3v) is 2.40. The maximum atomic E-state index is 11.5. The lowest BCUT2D eigenvalue weighted by Crippen LogP contribution is -2.26. The van der Waals surface area contributed by atoms with Crippen LogP contribution in [0.15, 0.2) is 18.2 Å². The Hall–Kier alpha value is -1.95. The minimum atomic E-state index is -0.565. The van der Waals surface area contributed by atoms with Crippen molar-refractivity contribution in [3.8, 4) is 0 Å². The van der Waals surface area contributed by atoms with Crippen LogP contribution >= 0.6 is 0 Å². The minimum absolute atomic E-state index is 0.000268. The topological polar surface area (TPSA) is 81.5 Å². The highest BCUT2D eigenvalue weighted by Crippen LogP contribution is 2.21. The van der Waals surface area contributed by atoms with Crippen LogP contribution in [0.25, 0.3) is 0 Å². The number of hydrogen-bond donors (Lipinski definition) is 1. The van der Waals surface area contributed by atoms with E-state index < -0.39 is 11.0 Å². The Labute approximate surface area is 98.7 Å². The van der Waals surface area contributed by atoms with E-state index in [9.17, 15) is 14.9 Å². The number of nitro groups is 1. The van der Waals surface area contributed by atoms with Gasteiger partial charge in [0.2, 0.25) is 0 Å². The third kappa shape index (κ3) is 3.25. The summed E-state index contributed by atoms with van der Waals surface area (Å²) in [6.45, 7) is 3.32. The first-order valence-corrected chi connectivity index (χ1v) is 5.04. The van der Waals surface area contributed by atoms with Crippen LogP contribution in [0.4, 0.5) is 11.4 Å². The van der Waals surface area contributed by atoms with E-state index in [0.29, 0.717) is 11.3 Å². The molecule has 0 aliphatic rings. The molecule has 0 aromatic heterocycles. The first-order valence-electron chi connectivity index (χ1n) is 5.04. The number of aryl methyl sites for hydroxylation is 1. The predicted octanol–water partition coefficient (Wildman–Crippen LogP) is 1.88. The molecule has 1 N–H and O–H groups in total. The van der Waals surface area contributed by atoms with Gasteiger partial charge >= 0.3 is 0 Å². The first-order chi connectivity index (χ1) is 7.95. The van der Waals surface area contributed by atoms with Crippen molar-refractivity contribution in [1.82, 2.24) is 0 Å². The second kappa shape index (κ2) is 5.40. The fourth-order valence-electron chi connectivity index (χ4n) is 1.24. The molecule has 92 valence electrons. The van der Waals surface area contributed by atoms with Gasteiger partial charge in [-0.15, -0.1) is 0 Å². The number of nitro benzene ring substituents is 1. The minimum Gasteiger partial charge on any atom is -0.372 e. The first kappa shape index (κ1) is 13.1. The van der Waals surface area contributed by atoms with Crippen molar-refractivity contribution < 1.29 is 14.5 Å². The van der Waals surface area contributed by atoms with E-state index in [-0.39, 0.29) is 11.6 Å². The molecule has 0 bridgehead atoms. The van der Waals surface area contributed by atoms with Crippen LogP contribution in [-0.4, -0.2) is 24.0 Å². The molecule has 1 aromatic carbocycles. The number of benzene rings is 1. The summed E-state index contributed by atoms with van der Waals surface area (Å²) in [5.74, 6) is -0.288. The smallest absolute Gasteiger partial charge is 0.269 e.